The van der Waals surface area contributed by atoms with Gasteiger partial charge in [0.2, 0.25) is 0 Å². The summed E-state index contributed by atoms with van der Waals surface area (Å²) < 4.78 is 5.23. The Labute approximate surface area is 428 Å². The Morgan fingerprint density at radius 3 is 1.38 bits per heavy atom. The molecule has 4 heterocycles. The third-order valence-corrected chi connectivity index (χ3v) is 18.8. The van der Waals surface area contributed by atoms with Gasteiger partial charge in [-0.1, -0.05) is 161 Å². The summed E-state index contributed by atoms with van der Waals surface area (Å²) in [4.78, 5) is 5.10. The normalized spacial score (nSPS) is 15.7. The van der Waals surface area contributed by atoms with Gasteiger partial charge in [0.15, 0.2) is 0 Å². The van der Waals surface area contributed by atoms with Crippen molar-refractivity contribution in [3.05, 3.63) is 234 Å². The maximum atomic E-state index is 2.57. The monoisotopic (exact) mass is 958 g/mol. The Kier molecular flexibility index (Phi) is 8.96. The molecule has 3 aliphatic rings. The van der Waals surface area contributed by atoms with E-state index in [1.807, 2.05) is 22.7 Å². The summed E-state index contributed by atoms with van der Waals surface area (Å²) in [6.45, 7) is 9.59. The molecule has 2 nitrogen and oxygen atoms in total. The lowest BCUT2D eigenvalue weighted by Gasteiger charge is -2.44. The van der Waals surface area contributed by atoms with Crippen molar-refractivity contribution in [3.8, 4) is 22.3 Å². The van der Waals surface area contributed by atoms with Crippen LogP contribution in [-0.4, -0.2) is 0 Å². The molecule has 0 atom stereocenters. The number of fused-ring (bicyclic) bond motifs is 11. The highest BCUT2D eigenvalue weighted by Gasteiger charge is 2.40. The van der Waals surface area contributed by atoms with Crippen molar-refractivity contribution in [1.82, 2.24) is 0 Å². The molecule has 0 spiro atoms. The van der Waals surface area contributed by atoms with Gasteiger partial charge in [-0.25, -0.2) is 0 Å². The lowest BCUT2D eigenvalue weighted by molar-refractivity contribution is 0.571. The topological polar surface area (TPSA) is 6.48 Å². The summed E-state index contributed by atoms with van der Waals surface area (Å²) in [5, 5.41) is 10.2. The van der Waals surface area contributed by atoms with E-state index in [9.17, 15) is 0 Å². The maximum Gasteiger partial charge on any atom is 0.0502 e. The highest BCUT2D eigenvalue weighted by Crippen LogP contribution is 2.57. The third kappa shape index (κ3) is 5.82. The predicted octanol–water partition coefficient (Wildman–Crippen LogP) is 20.2. The molecule has 0 saturated heterocycles. The van der Waals surface area contributed by atoms with Gasteiger partial charge >= 0.3 is 0 Å². The number of benzene rings is 10. The molecule has 0 fully saturated rings. The molecular formula is C68H50N2S2. The van der Waals surface area contributed by atoms with Crippen LogP contribution in [0.3, 0.4) is 0 Å². The van der Waals surface area contributed by atoms with Crippen molar-refractivity contribution in [3.63, 3.8) is 0 Å². The van der Waals surface area contributed by atoms with Crippen molar-refractivity contribution in [2.45, 2.75) is 51.4 Å². The van der Waals surface area contributed by atoms with Crippen LogP contribution in [0.4, 0.5) is 28.4 Å². The summed E-state index contributed by atoms with van der Waals surface area (Å²) in [7, 11) is 0. The molecule has 2 aliphatic heterocycles. The van der Waals surface area contributed by atoms with Crippen molar-refractivity contribution in [1.29, 1.82) is 0 Å². The number of para-hydroxylation sites is 3. The second-order valence-corrected chi connectivity index (χ2v) is 23.2. The first-order valence-electron chi connectivity index (χ1n) is 25.4. The molecule has 1 aliphatic carbocycles. The zero-order chi connectivity index (χ0) is 48.0. The number of allylic oxidation sites excluding steroid dienone is 3. The average molecular weight is 959 g/mol. The first kappa shape index (κ1) is 42.0. The molecule has 0 unspecified atom stereocenters. The molecule has 0 bridgehead atoms. The number of anilines is 5. The molecule has 344 valence electrons. The van der Waals surface area contributed by atoms with Gasteiger partial charge < -0.3 is 9.80 Å². The average Bonchev–Trinajstić information content (AvgIpc) is 4.00. The van der Waals surface area contributed by atoms with Crippen LogP contribution in [0.5, 0.6) is 0 Å². The summed E-state index contributed by atoms with van der Waals surface area (Å²) in [6, 6.07) is 74.0. The first-order chi connectivity index (χ1) is 35.3. The van der Waals surface area contributed by atoms with Crippen molar-refractivity contribution in [2.24, 2.45) is 0 Å². The third-order valence-electron chi connectivity index (χ3n) is 16.5. The lowest BCUT2D eigenvalue weighted by Crippen LogP contribution is -2.34. The highest BCUT2D eigenvalue weighted by molar-refractivity contribution is 7.26. The Balaban J connectivity index is 1.11. The lowest BCUT2D eigenvalue weighted by atomic mass is 9.70. The number of hydrogen-bond acceptors (Lipinski definition) is 4. The van der Waals surface area contributed by atoms with Crippen molar-refractivity contribution in [2.75, 3.05) is 9.80 Å². The fraction of sp³-hybridized carbons (Fsp3) is 0.118. The Morgan fingerprint density at radius 1 is 0.389 bits per heavy atom. The van der Waals surface area contributed by atoms with Gasteiger partial charge in [0, 0.05) is 68.2 Å². The van der Waals surface area contributed by atoms with Gasteiger partial charge in [-0.15, -0.1) is 22.7 Å². The van der Waals surface area contributed by atoms with E-state index in [1.165, 1.54) is 135 Å². The highest BCUT2D eigenvalue weighted by atomic mass is 32.1. The summed E-state index contributed by atoms with van der Waals surface area (Å²) in [5.74, 6) is 0. The summed E-state index contributed by atoms with van der Waals surface area (Å²) >= 11 is 3.79. The van der Waals surface area contributed by atoms with Crippen LogP contribution in [0, 0.1) is 0 Å². The van der Waals surface area contributed by atoms with E-state index in [-0.39, 0.29) is 10.8 Å². The van der Waals surface area contributed by atoms with Gasteiger partial charge in [-0.05, 0) is 152 Å². The number of nitrogens with zero attached hydrogens (tertiary/aromatic N) is 2. The number of hydrogen-bond donors (Lipinski definition) is 0. The number of thiophene rings is 2. The minimum Gasteiger partial charge on any atom is -0.310 e. The minimum atomic E-state index is -0.167. The SMILES string of the molecule is CC1(C)C2=C(C=CCC2)N(c2ccc3c(-c4cccc5sc6ccccc6c45)c4cc(N5c6ccccc6C(C)(C)c6ccccc65)ccc4c(-c4cccc5sc6ccccc6c45)c3c2)c2ccccc21. The fourth-order valence-electron chi connectivity index (χ4n) is 13.2. The zero-order valence-corrected chi connectivity index (χ0v) is 42.4. The van der Waals surface area contributed by atoms with Crippen LogP contribution in [0.1, 0.15) is 57.2 Å². The standard InChI is InChI=1S/C68H50N2S2/c1-67(2)51-23-7-11-27-55(51)69(56-28-12-8-24-52(56)67)41-35-37-43-49(39-41)63(47-21-17-33-61-65(47)45-19-5-15-31-59(45)71-61)44-38-36-42(70-57-29-13-9-25-53(57)68(3,4)54-26-10-14-30-58(54)70)40-50(44)64(43)48-22-18-34-62-66(48)46-20-6-16-32-60(46)72-62/h5-9,11-25,27-40H,10,26H2,1-4H3. The molecule has 15 rings (SSSR count). The zero-order valence-electron chi connectivity index (χ0n) is 40.8. The molecule has 12 aromatic rings. The van der Waals surface area contributed by atoms with Gasteiger partial charge in [0.1, 0.15) is 0 Å². The Hall–Kier alpha value is -7.76. The largest absolute Gasteiger partial charge is 0.310 e. The Bertz CT molecular complexity index is 4320. The second kappa shape index (κ2) is 15.4. The fourth-order valence-corrected chi connectivity index (χ4v) is 15.5. The van der Waals surface area contributed by atoms with Crippen LogP contribution in [-0.2, 0) is 10.8 Å². The van der Waals surface area contributed by atoms with Crippen LogP contribution in [0.15, 0.2) is 218 Å². The van der Waals surface area contributed by atoms with E-state index in [0.29, 0.717) is 0 Å². The molecule has 0 radical (unpaired) electrons. The van der Waals surface area contributed by atoms with E-state index in [2.05, 4.69) is 244 Å². The van der Waals surface area contributed by atoms with Gasteiger partial charge in [0.05, 0.1) is 17.1 Å². The summed E-state index contributed by atoms with van der Waals surface area (Å²) in [6.07, 6.45) is 6.88. The van der Waals surface area contributed by atoms with Crippen molar-refractivity contribution < 1.29 is 0 Å². The summed E-state index contributed by atoms with van der Waals surface area (Å²) in [5.41, 5.74) is 17.7. The smallest absolute Gasteiger partial charge is 0.0502 e. The predicted molar refractivity (Wildman–Crippen MR) is 312 cm³/mol. The molecule has 4 heteroatoms. The van der Waals surface area contributed by atoms with Crippen LogP contribution < -0.4 is 9.80 Å². The quantitative estimate of drug-likeness (QED) is 0.162. The van der Waals surface area contributed by atoms with Crippen molar-refractivity contribution >= 4 is 113 Å². The van der Waals surface area contributed by atoms with E-state index >= 15 is 0 Å². The molecule has 0 N–H and O–H groups in total. The van der Waals surface area contributed by atoms with E-state index in [4.69, 9.17) is 0 Å². The van der Waals surface area contributed by atoms with Gasteiger partial charge in [-0.3, -0.25) is 0 Å². The molecule has 2 aromatic heterocycles. The van der Waals surface area contributed by atoms with Crippen LogP contribution >= 0.6 is 22.7 Å². The molecule has 10 aromatic carbocycles. The van der Waals surface area contributed by atoms with Crippen LogP contribution in [0.2, 0.25) is 0 Å². The molecule has 0 saturated carbocycles. The van der Waals surface area contributed by atoms with Gasteiger partial charge in [-0.2, -0.15) is 0 Å². The second-order valence-electron chi connectivity index (χ2n) is 21.0. The van der Waals surface area contributed by atoms with Crippen LogP contribution in [0.25, 0.3) is 84.1 Å². The maximum absolute atomic E-state index is 2.57. The minimum absolute atomic E-state index is 0.0843. The van der Waals surface area contributed by atoms with E-state index < -0.39 is 0 Å². The number of rotatable bonds is 4. The first-order valence-corrected chi connectivity index (χ1v) is 27.0. The van der Waals surface area contributed by atoms with E-state index in [1.54, 1.807) is 0 Å². The van der Waals surface area contributed by atoms with E-state index in [0.717, 1.165) is 18.5 Å². The molecule has 72 heavy (non-hydrogen) atoms. The van der Waals surface area contributed by atoms with Gasteiger partial charge in [0.25, 0.3) is 0 Å². The molecule has 0 amide bonds. The Morgan fingerprint density at radius 2 is 0.833 bits per heavy atom. The molecular weight excluding hydrogens is 909 g/mol.